The Kier molecular flexibility index (Phi) is 2.85. The normalized spacial score (nSPS) is 21.1. The van der Waals surface area contributed by atoms with E-state index in [4.69, 9.17) is 9.31 Å². The fourth-order valence-corrected chi connectivity index (χ4v) is 3.80. The Hall–Kier alpha value is -2.14. The molecular weight excluding hydrogens is 280 g/mol. The van der Waals surface area contributed by atoms with E-state index < -0.39 is 17.2 Å². The van der Waals surface area contributed by atoms with Crippen molar-refractivity contribution in [3.63, 3.8) is 0 Å². The molecule has 0 N–H and O–H groups in total. The number of aryl methyl sites for hydroxylation is 2. The molecule has 1 heterocycles. The van der Waals surface area contributed by atoms with E-state index in [1.54, 1.807) is 0 Å². The number of benzene rings is 1. The first kappa shape index (κ1) is 13.3. The molecule has 0 saturated carbocycles. The van der Waals surface area contributed by atoms with Crippen molar-refractivity contribution in [1.29, 1.82) is 0 Å². The van der Waals surface area contributed by atoms with Crippen molar-refractivity contribution in [3.8, 4) is 11.3 Å². The number of rotatable bonds is 1. The van der Waals surface area contributed by atoms with E-state index in [2.05, 4.69) is 21.7 Å². The molecule has 0 aliphatic heterocycles. The quantitative estimate of drug-likeness (QED) is 0.518. The summed E-state index contributed by atoms with van der Waals surface area (Å²) in [7, 11) is 2.00. The molecule has 23 heavy (non-hydrogen) atoms. The zero-order valence-corrected chi connectivity index (χ0v) is 14.8. The van der Waals surface area contributed by atoms with Crippen LogP contribution in [0.15, 0.2) is 30.5 Å². The summed E-state index contributed by atoms with van der Waals surface area (Å²) in [6, 6.07) is 7.86. The Morgan fingerprint density at radius 1 is 1.13 bits per heavy atom. The summed E-state index contributed by atoms with van der Waals surface area (Å²) in [4.78, 5) is 3.56. The maximum Gasteiger partial charge on any atom is 0.211 e. The zero-order valence-electron chi connectivity index (χ0n) is 16.8. The molecule has 0 saturated heterocycles. The zero-order chi connectivity index (χ0) is 18.8. The molecule has 1 aromatic carbocycles. The van der Waals surface area contributed by atoms with Crippen molar-refractivity contribution >= 4 is 5.69 Å². The van der Waals surface area contributed by atoms with Crippen LogP contribution < -0.4 is 4.57 Å². The number of aromatic nitrogens is 1. The van der Waals surface area contributed by atoms with E-state index in [1.165, 1.54) is 0 Å². The minimum atomic E-state index is -1.35. The van der Waals surface area contributed by atoms with Gasteiger partial charge in [-0.3, -0.25) is 0 Å². The van der Waals surface area contributed by atoms with Gasteiger partial charge in [-0.05, 0) is 41.3 Å². The molecule has 1 aliphatic rings. The van der Waals surface area contributed by atoms with Crippen LogP contribution in [0.3, 0.4) is 0 Å². The molecule has 0 spiro atoms. The number of nitrogens with zero attached hydrogens (tertiary/aromatic N) is 2. The number of fused-ring (bicyclic) bond motifs is 1. The average Bonchev–Trinajstić information content (AvgIpc) is 2.63. The van der Waals surface area contributed by atoms with E-state index in [0.717, 1.165) is 27.9 Å². The van der Waals surface area contributed by atoms with Crippen molar-refractivity contribution in [3.05, 3.63) is 58.6 Å². The van der Waals surface area contributed by atoms with Crippen LogP contribution in [0, 0.1) is 13.5 Å². The summed E-state index contributed by atoms with van der Waals surface area (Å²) in [5.74, 6) is 0. The van der Waals surface area contributed by atoms with E-state index in [0.29, 0.717) is 5.69 Å². The fraction of sp³-hybridized carbons (Fsp3) is 0.429. The Bertz CT molecular complexity index is 918. The second-order valence-corrected chi connectivity index (χ2v) is 7.58. The number of pyridine rings is 1. The van der Waals surface area contributed by atoms with Gasteiger partial charge in [-0.25, -0.2) is 9.41 Å². The monoisotopic (exact) mass is 307 g/mol. The highest BCUT2D eigenvalue weighted by Crippen LogP contribution is 2.49. The smallest absolute Gasteiger partial charge is 0.211 e. The van der Waals surface area contributed by atoms with Crippen LogP contribution in [0.2, 0.25) is 0 Å². The molecule has 2 aromatic rings. The lowest BCUT2D eigenvalue weighted by atomic mass is 9.82. The van der Waals surface area contributed by atoms with Gasteiger partial charge in [0.15, 0.2) is 11.9 Å². The molecule has 118 valence electrons. The third-order valence-electron chi connectivity index (χ3n) is 4.87. The Morgan fingerprint density at radius 2 is 1.78 bits per heavy atom. The first-order chi connectivity index (χ1) is 11.4. The second kappa shape index (κ2) is 4.93. The minimum absolute atomic E-state index is 0.560. The molecule has 0 amide bonds. The molecule has 0 atom stereocenters. The SMILES string of the molecule is [2H]C1([2H])C(C)(C)c2cc(-c3cc([N+]#[C-])ccc3C)[n+](C)cc2C1(C)C. The van der Waals surface area contributed by atoms with Gasteiger partial charge in [0.05, 0.1) is 6.57 Å². The summed E-state index contributed by atoms with van der Waals surface area (Å²) < 4.78 is 19.6. The lowest BCUT2D eigenvalue weighted by Gasteiger charge is -2.22. The van der Waals surface area contributed by atoms with Gasteiger partial charge in [0.25, 0.3) is 0 Å². The van der Waals surface area contributed by atoms with Crippen LogP contribution in [0.25, 0.3) is 16.1 Å². The average molecular weight is 307 g/mol. The predicted octanol–water partition coefficient (Wildman–Crippen LogP) is 5.00. The Labute approximate surface area is 142 Å². The van der Waals surface area contributed by atoms with Crippen LogP contribution in [-0.4, -0.2) is 0 Å². The molecule has 2 heteroatoms. The molecule has 3 rings (SSSR count). The summed E-state index contributed by atoms with van der Waals surface area (Å²) in [6.45, 7) is 17.3. The molecule has 0 bridgehead atoms. The molecule has 1 aliphatic carbocycles. The van der Waals surface area contributed by atoms with Crippen molar-refractivity contribution in [2.75, 3.05) is 0 Å². The van der Waals surface area contributed by atoms with Gasteiger partial charge in [0.2, 0.25) is 5.69 Å². The van der Waals surface area contributed by atoms with Gasteiger partial charge < -0.3 is 0 Å². The summed E-state index contributed by atoms with van der Waals surface area (Å²) >= 11 is 0. The summed E-state index contributed by atoms with van der Waals surface area (Å²) in [6.07, 6.45) is 0.725. The molecule has 1 aromatic heterocycles. The van der Waals surface area contributed by atoms with Gasteiger partial charge in [-0.1, -0.05) is 39.8 Å². The van der Waals surface area contributed by atoms with E-state index in [9.17, 15) is 0 Å². The van der Waals surface area contributed by atoms with E-state index >= 15 is 0 Å². The minimum Gasteiger partial charge on any atom is -0.238 e. The highest BCUT2D eigenvalue weighted by atomic mass is 14.9. The molecule has 0 fully saturated rings. The maximum atomic E-state index is 8.75. The highest BCUT2D eigenvalue weighted by molar-refractivity contribution is 5.68. The molecular formula is C21H25N2+. The standard InChI is InChI=1S/C21H25N2/c1-14-8-9-15(22-6)10-16(14)19-11-17-18(12-23(19)7)21(4,5)13-20(17,2)3/h8-12H,13H2,1-5,7H3/q+1/i13D2. The second-order valence-electron chi connectivity index (χ2n) is 7.58. The van der Waals surface area contributed by atoms with Crippen LogP contribution in [-0.2, 0) is 17.9 Å². The Morgan fingerprint density at radius 3 is 2.43 bits per heavy atom. The predicted molar refractivity (Wildman–Crippen MR) is 94.7 cm³/mol. The van der Waals surface area contributed by atoms with Gasteiger partial charge in [0.1, 0.15) is 7.05 Å². The van der Waals surface area contributed by atoms with Crippen LogP contribution >= 0.6 is 0 Å². The topological polar surface area (TPSA) is 8.24 Å². The van der Waals surface area contributed by atoms with Crippen LogP contribution in [0.4, 0.5) is 5.69 Å². The molecule has 0 radical (unpaired) electrons. The van der Waals surface area contributed by atoms with E-state index in [1.807, 2.05) is 59.9 Å². The molecule has 0 unspecified atom stereocenters. The molecule has 2 nitrogen and oxygen atoms in total. The third kappa shape index (κ3) is 2.45. The van der Waals surface area contributed by atoms with Crippen molar-refractivity contribution < 1.29 is 7.31 Å². The maximum absolute atomic E-state index is 8.75. The Balaban J connectivity index is 2.32. The van der Waals surface area contributed by atoms with E-state index in [-0.39, 0.29) is 0 Å². The van der Waals surface area contributed by atoms with Crippen LogP contribution in [0.5, 0.6) is 0 Å². The van der Waals surface area contributed by atoms with Crippen molar-refractivity contribution in [2.45, 2.75) is 51.8 Å². The van der Waals surface area contributed by atoms with Crippen molar-refractivity contribution in [1.82, 2.24) is 0 Å². The third-order valence-corrected chi connectivity index (χ3v) is 4.87. The van der Waals surface area contributed by atoms with Gasteiger partial charge in [-0.15, -0.1) is 0 Å². The summed E-state index contributed by atoms with van der Waals surface area (Å²) in [5, 5.41) is 0. The first-order valence-electron chi connectivity index (χ1n) is 8.98. The highest BCUT2D eigenvalue weighted by Gasteiger charge is 2.44. The lowest BCUT2D eigenvalue weighted by Crippen LogP contribution is -2.33. The van der Waals surface area contributed by atoms with Gasteiger partial charge in [-0.2, -0.15) is 0 Å². The lowest BCUT2D eigenvalue weighted by molar-refractivity contribution is -0.661. The summed E-state index contributed by atoms with van der Waals surface area (Å²) in [5.41, 5.74) is 4.76. The fourth-order valence-electron chi connectivity index (χ4n) is 3.80. The number of hydrogen-bond acceptors (Lipinski definition) is 0. The first-order valence-corrected chi connectivity index (χ1v) is 7.98. The van der Waals surface area contributed by atoms with Gasteiger partial charge >= 0.3 is 0 Å². The van der Waals surface area contributed by atoms with Gasteiger partial charge in [0, 0.05) is 19.9 Å². The van der Waals surface area contributed by atoms with Crippen molar-refractivity contribution in [2.24, 2.45) is 7.05 Å². The largest absolute Gasteiger partial charge is 0.238 e. The number of hydrogen-bond donors (Lipinski definition) is 0. The van der Waals surface area contributed by atoms with Crippen LogP contribution in [0.1, 0.15) is 53.5 Å².